The van der Waals surface area contributed by atoms with Gasteiger partial charge in [-0.3, -0.25) is 5.73 Å². The second-order valence-corrected chi connectivity index (χ2v) is 2.51. The molecule has 1 amide bonds. The van der Waals surface area contributed by atoms with Crippen molar-refractivity contribution >= 4 is 11.6 Å². The van der Waals surface area contributed by atoms with Gasteiger partial charge in [-0.05, 0) is 24.6 Å². The Morgan fingerprint density at radius 2 is 2.18 bits per heavy atom. The molecule has 3 heteroatoms. The molecule has 0 aliphatic carbocycles. The number of aryl methyl sites for hydroxylation is 1. The summed E-state index contributed by atoms with van der Waals surface area (Å²) in [5.74, 6) is -0.234. The third-order valence-electron chi connectivity index (χ3n) is 1.51. The number of nitrogens with two attached hydrogens (primary N) is 1. The van der Waals surface area contributed by atoms with Crippen LogP contribution >= 0.6 is 0 Å². The van der Waals surface area contributed by atoms with Gasteiger partial charge in [0, 0.05) is 5.69 Å². The number of rotatable bonds is 1. The molecule has 0 fully saturated rings. The largest absolute Gasteiger partial charge is 0.398 e. The summed E-state index contributed by atoms with van der Waals surface area (Å²) in [6, 6.07) is 5.30. The molecule has 0 heterocycles. The zero-order valence-corrected chi connectivity index (χ0v) is 6.42. The van der Waals surface area contributed by atoms with Crippen LogP contribution in [0.5, 0.6) is 0 Å². The first kappa shape index (κ1) is 7.75. The van der Waals surface area contributed by atoms with E-state index in [1.807, 2.05) is 13.0 Å². The number of benzene rings is 1. The van der Waals surface area contributed by atoms with E-state index < -0.39 is 0 Å². The highest BCUT2D eigenvalue weighted by Crippen LogP contribution is 2.11. The number of anilines is 1. The molecule has 0 aromatic heterocycles. The summed E-state index contributed by atoms with van der Waals surface area (Å²) in [4.78, 5) is 10.8. The minimum absolute atomic E-state index is 0.234. The lowest BCUT2D eigenvalue weighted by atomic mass is 10.1. The Morgan fingerprint density at radius 1 is 1.55 bits per heavy atom. The second kappa shape index (κ2) is 2.72. The van der Waals surface area contributed by atoms with Gasteiger partial charge in [0.2, 0.25) is 0 Å². The highest BCUT2D eigenvalue weighted by atomic mass is 16.1. The highest BCUT2D eigenvalue weighted by molar-refractivity contribution is 5.92. The summed E-state index contributed by atoms with van der Waals surface area (Å²) in [6.07, 6.45) is 0. The molecule has 3 nitrogen and oxygen atoms in total. The number of hydrogen-bond acceptors (Lipinski definition) is 2. The average Bonchev–Trinajstić information content (AvgIpc) is 1.85. The van der Waals surface area contributed by atoms with Crippen LogP contribution in [0.1, 0.15) is 15.9 Å². The Kier molecular flexibility index (Phi) is 1.92. The second-order valence-electron chi connectivity index (χ2n) is 2.51. The molecule has 0 bridgehead atoms. The lowest BCUT2D eigenvalue weighted by Crippen LogP contribution is -2.56. The predicted octanol–water partition coefficient (Wildman–Crippen LogP) is -0.0407. The summed E-state index contributed by atoms with van der Waals surface area (Å²) in [5.41, 5.74) is 10.9. The van der Waals surface area contributed by atoms with Gasteiger partial charge in [0.15, 0.2) is 0 Å². The molecule has 0 aliphatic heterocycles. The number of nitrogen functional groups attached to an aromatic ring is 1. The number of amides is 1. The first-order chi connectivity index (χ1) is 5.11. The van der Waals surface area contributed by atoms with Gasteiger partial charge in [0.1, 0.15) is 5.56 Å². The van der Waals surface area contributed by atoms with Gasteiger partial charge in [-0.25, -0.2) is 4.79 Å². The third-order valence-corrected chi connectivity index (χ3v) is 1.51. The van der Waals surface area contributed by atoms with Crippen molar-refractivity contribution in [3.8, 4) is 0 Å². The van der Waals surface area contributed by atoms with E-state index in [0.29, 0.717) is 11.3 Å². The Hall–Kier alpha value is -1.35. The molecule has 0 atom stereocenters. The van der Waals surface area contributed by atoms with Crippen LogP contribution < -0.4 is 11.5 Å². The summed E-state index contributed by atoms with van der Waals surface area (Å²) in [7, 11) is 0. The van der Waals surface area contributed by atoms with Crippen molar-refractivity contribution in [2.24, 2.45) is 0 Å². The molecular weight excluding hydrogens is 140 g/mol. The zero-order valence-electron chi connectivity index (χ0n) is 6.42. The zero-order chi connectivity index (χ0) is 8.43. The van der Waals surface area contributed by atoms with Gasteiger partial charge < -0.3 is 5.73 Å². The summed E-state index contributed by atoms with van der Waals surface area (Å²) in [6.45, 7) is 1.92. The van der Waals surface area contributed by atoms with Gasteiger partial charge in [-0.15, -0.1) is 0 Å². The Bertz CT molecular complexity index is 294. The van der Waals surface area contributed by atoms with Crippen LogP contribution in [0.25, 0.3) is 0 Å². The molecule has 1 aromatic rings. The van der Waals surface area contributed by atoms with Crippen molar-refractivity contribution in [1.82, 2.24) is 0 Å². The Morgan fingerprint density at radius 3 is 2.64 bits per heavy atom. The molecule has 58 valence electrons. The predicted molar refractivity (Wildman–Crippen MR) is 42.8 cm³/mol. The van der Waals surface area contributed by atoms with E-state index in [4.69, 9.17) is 5.73 Å². The van der Waals surface area contributed by atoms with Crippen molar-refractivity contribution in [2.75, 3.05) is 5.73 Å². The van der Waals surface area contributed by atoms with E-state index in [9.17, 15) is 4.79 Å². The van der Waals surface area contributed by atoms with Crippen molar-refractivity contribution in [3.05, 3.63) is 29.3 Å². The van der Waals surface area contributed by atoms with E-state index >= 15 is 0 Å². The Balaban J connectivity index is 3.20. The Labute approximate surface area is 65.0 Å². The molecular formula is C8H11N2O+. The standard InChI is InChI=1S/C8H10N2O/c1-5-2-3-6(8(10)11)7(9)4-5/h2-4H,9H2,1H3,(H2,10,11)/p+1. The van der Waals surface area contributed by atoms with Crippen LogP contribution in [-0.2, 0) is 0 Å². The van der Waals surface area contributed by atoms with Gasteiger partial charge >= 0.3 is 5.91 Å². The molecule has 11 heavy (non-hydrogen) atoms. The third kappa shape index (κ3) is 1.56. The normalized spacial score (nSPS) is 9.64. The molecule has 0 spiro atoms. The fourth-order valence-corrected chi connectivity index (χ4v) is 0.936. The molecule has 0 radical (unpaired) electrons. The van der Waals surface area contributed by atoms with Crippen molar-refractivity contribution in [2.45, 2.75) is 6.92 Å². The SMILES string of the molecule is Cc1ccc(C([NH3+])=O)c(N)c1. The first-order valence-electron chi connectivity index (χ1n) is 3.33. The topological polar surface area (TPSA) is 70.7 Å². The molecule has 0 saturated heterocycles. The number of hydrogen-bond donors (Lipinski definition) is 2. The number of carbonyl (C=O) groups is 1. The number of carbonyl (C=O) groups excluding carboxylic acids is 1. The molecule has 1 aromatic carbocycles. The van der Waals surface area contributed by atoms with Gasteiger partial charge in [0.05, 0.1) is 0 Å². The van der Waals surface area contributed by atoms with E-state index in [1.165, 1.54) is 0 Å². The summed E-state index contributed by atoms with van der Waals surface area (Å²) < 4.78 is 0. The number of quaternary nitrogens is 1. The maximum absolute atomic E-state index is 10.8. The highest BCUT2D eigenvalue weighted by Gasteiger charge is 2.07. The summed E-state index contributed by atoms with van der Waals surface area (Å²) >= 11 is 0. The van der Waals surface area contributed by atoms with Gasteiger partial charge in [0.25, 0.3) is 0 Å². The van der Waals surface area contributed by atoms with Crippen LogP contribution in [0.4, 0.5) is 5.69 Å². The minimum atomic E-state index is -0.234. The molecule has 1 rings (SSSR count). The van der Waals surface area contributed by atoms with E-state index in [0.717, 1.165) is 5.56 Å². The van der Waals surface area contributed by atoms with Crippen LogP contribution in [-0.4, -0.2) is 5.91 Å². The molecule has 0 unspecified atom stereocenters. The average molecular weight is 151 g/mol. The van der Waals surface area contributed by atoms with Crippen LogP contribution in [0.15, 0.2) is 18.2 Å². The van der Waals surface area contributed by atoms with Gasteiger partial charge in [-0.1, -0.05) is 6.07 Å². The van der Waals surface area contributed by atoms with Crippen molar-refractivity contribution in [1.29, 1.82) is 0 Å². The maximum Gasteiger partial charge on any atom is 0.343 e. The maximum atomic E-state index is 10.8. The van der Waals surface area contributed by atoms with E-state index in [2.05, 4.69) is 5.73 Å². The monoisotopic (exact) mass is 151 g/mol. The van der Waals surface area contributed by atoms with Crippen molar-refractivity contribution < 1.29 is 10.5 Å². The lowest BCUT2D eigenvalue weighted by molar-refractivity contribution is -0.254. The van der Waals surface area contributed by atoms with Crippen LogP contribution in [0.2, 0.25) is 0 Å². The fourth-order valence-electron chi connectivity index (χ4n) is 0.936. The lowest BCUT2D eigenvalue weighted by Gasteiger charge is -1.98. The minimum Gasteiger partial charge on any atom is -0.398 e. The van der Waals surface area contributed by atoms with Crippen molar-refractivity contribution in [3.63, 3.8) is 0 Å². The molecule has 0 saturated carbocycles. The quantitative estimate of drug-likeness (QED) is 0.553. The fraction of sp³-hybridized carbons (Fsp3) is 0.125. The smallest absolute Gasteiger partial charge is 0.343 e. The first-order valence-corrected chi connectivity index (χ1v) is 3.33. The molecule has 0 aliphatic rings. The summed E-state index contributed by atoms with van der Waals surface area (Å²) in [5, 5.41) is 0. The van der Waals surface area contributed by atoms with E-state index in [-0.39, 0.29) is 5.91 Å². The van der Waals surface area contributed by atoms with Crippen LogP contribution in [0, 0.1) is 6.92 Å². The molecule has 5 N–H and O–H groups in total. The van der Waals surface area contributed by atoms with Gasteiger partial charge in [-0.2, -0.15) is 0 Å². The van der Waals surface area contributed by atoms with Crippen LogP contribution in [0.3, 0.4) is 0 Å². The van der Waals surface area contributed by atoms with E-state index in [1.54, 1.807) is 12.1 Å².